The molecule has 1 atom stereocenters. The minimum Gasteiger partial charge on any atom is -0.347 e. The Kier molecular flexibility index (Phi) is 6.72. The van der Waals surface area contributed by atoms with Crippen LogP contribution in [0.2, 0.25) is 0 Å². The predicted octanol–water partition coefficient (Wildman–Crippen LogP) is -0.0789. The van der Waals surface area contributed by atoms with E-state index in [9.17, 15) is 9.59 Å². The van der Waals surface area contributed by atoms with E-state index in [4.69, 9.17) is 0 Å². The Morgan fingerprint density at radius 1 is 1.19 bits per heavy atom. The Balaban J connectivity index is 4.04. The zero-order valence-electron chi connectivity index (χ0n) is 10.9. The lowest BCUT2D eigenvalue weighted by Crippen LogP contribution is -2.40. The van der Waals surface area contributed by atoms with Crippen molar-refractivity contribution in [3.63, 3.8) is 0 Å². The summed E-state index contributed by atoms with van der Waals surface area (Å²) in [5.41, 5.74) is 0. The van der Waals surface area contributed by atoms with E-state index in [2.05, 4.69) is 5.32 Å². The van der Waals surface area contributed by atoms with Crippen LogP contribution < -0.4 is 5.32 Å². The standard InChI is InChI=1S/C11H23N3O2/c1-6-12-9(2)7-10(15)14(5)8-11(16)13(3)4/h9,12H,6-8H2,1-5H3. The molecule has 1 N–H and O–H groups in total. The van der Waals surface area contributed by atoms with Gasteiger partial charge in [-0.05, 0) is 13.5 Å². The minimum atomic E-state index is -0.0630. The molecular formula is C11H23N3O2. The Labute approximate surface area is 97.8 Å². The van der Waals surface area contributed by atoms with Crippen LogP contribution in [-0.4, -0.2) is 61.9 Å². The number of rotatable bonds is 6. The zero-order chi connectivity index (χ0) is 12.7. The normalized spacial score (nSPS) is 12.1. The Bertz CT molecular complexity index is 241. The van der Waals surface area contributed by atoms with Gasteiger partial charge in [0.25, 0.3) is 0 Å². The maximum Gasteiger partial charge on any atom is 0.241 e. The molecule has 0 fully saturated rings. The molecule has 0 saturated carbocycles. The highest BCUT2D eigenvalue weighted by molar-refractivity contribution is 5.84. The van der Waals surface area contributed by atoms with E-state index in [0.29, 0.717) is 6.42 Å². The lowest BCUT2D eigenvalue weighted by atomic mass is 10.2. The molecule has 0 saturated heterocycles. The third kappa shape index (κ3) is 5.70. The summed E-state index contributed by atoms with van der Waals surface area (Å²) in [5.74, 6) is -0.0735. The Morgan fingerprint density at radius 2 is 1.75 bits per heavy atom. The van der Waals surface area contributed by atoms with Gasteiger partial charge < -0.3 is 15.1 Å². The molecule has 0 aromatic carbocycles. The maximum absolute atomic E-state index is 11.7. The molecule has 1 unspecified atom stereocenters. The largest absolute Gasteiger partial charge is 0.347 e. The van der Waals surface area contributed by atoms with Crippen molar-refractivity contribution in [2.45, 2.75) is 26.3 Å². The molecule has 5 nitrogen and oxygen atoms in total. The van der Waals surface area contributed by atoms with Gasteiger partial charge in [0.2, 0.25) is 11.8 Å². The molecule has 0 aliphatic carbocycles. The highest BCUT2D eigenvalue weighted by Crippen LogP contribution is 1.97. The third-order valence-electron chi connectivity index (χ3n) is 2.33. The van der Waals surface area contributed by atoms with Gasteiger partial charge in [0.05, 0.1) is 6.54 Å². The number of hydrogen-bond donors (Lipinski definition) is 1. The zero-order valence-corrected chi connectivity index (χ0v) is 10.9. The predicted molar refractivity (Wildman–Crippen MR) is 64.1 cm³/mol. The number of amides is 2. The summed E-state index contributed by atoms with van der Waals surface area (Å²) >= 11 is 0. The van der Waals surface area contributed by atoms with Crippen LogP contribution in [0.4, 0.5) is 0 Å². The average molecular weight is 229 g/mol. The molecule has 0 bridgehead atoms. The van der Waals surface area contributed by atoms with E-state index < -0.39 is 0 Å². The molecule has 0 aliphatic heterocycles. The van der Waals surface area contributed by atoms with Crippen LogP contribution >= 0.6 is 0 Å². The fraction of sp³-hybridized carbons (Fsp3) is 0.818. The van der Waals surface area contributed by atoms with Crippen LogP contribution in [-0.2, 0) is 9.59 Å². The average Bonchev–Trinajstić information content (AvgIpc) is 2.17. The summed E-state index contributed by atoms with van der Waals surface area (Å²) in [6.45, 7) is 4.95. The van der Waals surface area contributed by atoms with Crippen molar-refractivity contribution in [1.29, 1.82) is 0 Å². The summed E-state index contributed by atoms with van der Waals surface area (Å²) in [6, 6.07) is 0.148. The van der Waals surface area contributed by atoms with Crippen molar-refractivity contribution in [2.75, 3.05) is 34.2 Å². The molecule has 0 heterocycles. The van der Waals surface area contributed by atoms with Gasteiger partial charge in [-0.3, -0.25) is 9.59 Å². The van der Waals surface area contributed by atoms with Crippen LogP contribution in [0.1, 0.15) is 20.3 Å². The van der Waals surface area contributed by atoms with E-state index in [-0.39, 0.29) is 24.4 Å². The number of nitrogens with zero attached hydrogens (tertiary/aromatic N) is 2. The van der Waals surface area contributed by atoms with Crippen molar-refractivity contribution in [2.24, 2.45) is 0 Å². The highest BCUT2D eigenvalue weighted by Gasteiger charge is 2.16. The summed E-state index contributed by atoms with van der Waals surface area (Å²) in [6.07, 6.45) is 0.422. The number of likely N-dealkylation sites (N-methyl/N-ethyl adjacent to an activating group) is 2. The number of nitrogens with one attached hydrogen (secondary N) is 1. The van der Waals surface area contributed by atoms with E-state index >= 15 is 0 Å². The molecule has 0 aromatic rings. The van der Waals surface area contributed by atoms with Gasteiger partial charge in [-0.15, -0.1) is 0 Å². The second-order valence-corrected chi connectivity index (χ2v) is 4.20. The smallest absolute Gasteiger partial charge is 0.241 e. The van der Waals surface area contributed by atoms with Crippen LogP contribution in [0.5, 0.6) is 0 Å². The van der Waals surface area contributed by atoms with E-state index in [0.717, 1.165) is 6.54 Å². The molecule has 94 valence electrons. The van der Waals surface area contributed by atoms with Crippen LogP contribution in [0.15, 0.2) is 0 Å². The van der Waals surface area contributed by atoms with E-state index in [1.54, 1.807) is 21.1 Å². The first kappa shape index (κ1) is 14.9. The summed E-state index contributed by atoms with van der Waals surface area (Å²) in [4.78, 5) is 26.0. The summed E-state index contributed by atoms with van der Waals surface area (Å²) < 4.78 is 0. The molecule has 5 heteroatoms. The molecule has 0 spiro atoms. The lowest BCUT2D eigenvalue weighted by molar-refractivity contribution is -0.138. The summed E-state index contributed by atoms with van der Waals surface area (Å²) in [7, 11) is 5.02. The second kappa shape index (κ2) is 7.22. The van der Waals surface area contributed by atoms with Gasteiger partial charge in [0.15, 0.2) is 0 Å². The van der Waals surface area contributed by atoms with Gasteiger partial charge in [-0.1, -0.05) is 6.92 Å². The van der Waals surface area contributed by atoms with Crippen molar-refractivity contribution in [3.05, 3.63) is 0 Å². The van der Waals surface area contributed by atoms with Crippen LogP contribution in [0, 0.1) is 0 Å². The van der Waals surface area contributed by atoms with Gasteiger partial charge >= 0.3 is 0 Å². The van der Waals surface area contributed by atoms with E-state index in [1.807, 2.05) is 13.8 Å². The highest BCUT2D eigenvalue weighted by atomic mass is 16.2. The lowest BCUT2D eigenvalue weighted by Gasteiger charge is -2.21. The molecule has 2 amide bonds. The monoisotopic (exact) mass is 229 g/mol. The van der Waals surface area contributed by atoms with Gasteiger partial charge in [-0.2, -0.15) is 0 Å². The Hall–Kier alpha value is -1.10. The topological polar surface area (TPSA) is 52.7 Å². The fourth-order valence-electron chi connectivity index (χ4n) is 1.27. The van der Waals surface area contributed by atoms with Gasteiger partial charge in [-0.25, -0.2) is 0 Å². The first-order valence-electron chi connectivity index (χ1n) is 5.56. The van der Waals surface area contributed by atoms with Crippen molar-refractivity contribution in [3.8, 4) is 0 Å². The first-order valence-corrected chi connectivity index (χ1v) is 5.56. The summed E-state index contributed by atoms with van der Waals surface area (Å²) in [5, 5.41) is 3.16. The SMILES string of the molecule is CCNC(C)CC(=O)N(C)CC(=O)N(C)C. The molecule has 16 heavy (non-hydrogen) atoms. The Morgan fingerprint density at radius 3 is 2.19 bits per heavy atom. The number of hydrogen-bond acceptors (Lipinski definition) is 3. The quantitative estimate of drug-likeness (QED) is 0.693. The maximum atomic E-state index is 11.7. The molecule has 0 rings (SSSR count). The van der Waals surface area contributed by atoms with E-state index in [1.165, 1.54) is 9.80 Å². The second-order valence-electron chi connectivity index (χ2n) is 4.20. The third-order valence-corrected chi connectivity index (χ3v) is 2.33. The fourth-order valence-corrected chi connectivity index (χ4v) is 1.27. The van der Waals surface area contributed by atoms with Crippen molar-refractivity contribution in [1.82, 2.24) is 15.1 Å². The van der Waals surface area contributed by atoms with Crippen LogP contribution in [0.3, 0.4) is 0 Å². The van der Waals surface area contributed by atoms with Gasteiger partial charge in [0, 0.05) is 33.6 Å². The van der Waals surface area contributed by atoms with Crippen LogP contribution in [0.25, 0.3) is 0 Å². The van der Waals surface area contributed by atoms with Crippen molar-refractivity contribution < 1.29 is 9.59 Å². The molecule has 0 aliphatic rings. The van der Waals surface area contributed by atoms with Crippen molar-refractivity contribution >= 4 is 11.8 Å². The number of carbonyl (C=O) groups excluding carboxylic acids is 2. The molecule has 0 radical (unpaired) electrons. The number of carbonyl (C=O) groups is 2. The molecule has 0 aromatic heterocycles. The molecular weight excluding hydrogens is 206 g/mol. The van der Waals surface area contributed by atoms with Gasteiger partial charge in [0.1, 0.15) is 0 Å². The first-order chi connectivity index (χ1) is 7.38. The minimum absolute atomic E-state index is 0.0105.